The molecule has 1 aromatic carbocycles. The molecule has 2 rings (SSSR count). The van der Waals surface area contributed by atoms with E-state index in [0.717, 1.165) is 0 Å². The van der Waals surface area contributed by atoms with Crippen LogP contribution in [0.2, 0.25) is 0 Å². The van der Waals surface area contributed by atoms with Crippen LogP contribution < -0.4 is 4.74 Å². The van der Waals surface area contributed by atoms with Crippen LogP contribution in [0.5, 0.6) is 11.8 Å². The van der Waals surface area contributed by atoms with E-state index in [2.05, 4.69) is 9.97 Å². The Kier molecular flexibility index (Phi) is 3.79. The Morgan fingerprint density at radius 2 is 2.05 bits per heavy atom. The fraction of sp³-hybridized carbons (Fsp3) is 0.154. The molecule has 0 unspecified atom stereocenters. The minimum atomic E-state index is -1.23. The number of aromatic carboxylic acids is 1. The van der Waals surface area contributed by atoms with Crippen molar-refractivity contribution in [1.82, 2.24) is 9.97 Å². The molecule has 2 aromatic rings. The number of carboxylic acid groups (broad SMARTS) is 1. The summed E-state index contributed by atoms with van der Waals surface area (Å²) >= 11 is 0. The van der Waals surface area contributed by atoms with Crippen molar-refractivity contribution >= 4 is 11.7 Å². The molecule has 21 heavy (non-hydrogen) atoms. The summed E-state index contributed by atoms with van der Waals surface area (Å²) in [5.41, 5.74) is 0.351. The van der Waals surface area contributed by atoms with Gasteiger partial charge in [0.2, 0.25) is 5.75 Å². The lowest BCUT2D eigenvalue weighted by Gasteiger charge is -2.07. The molecular weight excluding hydrogens is 278 g/mol. The van der Waals surface area contributed by atoms with Crippen LogP contribution in [0.15, 0.2) is 24.3 Å². The highest BCUT2D eigenvalue weighted by molar-refractivity contribution is 5.85. The quantitative estimate of drug-likeness (QED) is 0.678. The molecule has 0 atom stereocenters. The summed E-state index contributed by atoms with van der Waals surface area (Å²) in [4.78, 5) is 29.1. The van der Waals surface area contributed by atoms with Gasteiger partial charge in [-0.2, -0.15) is 4.98 Å². The van der Waals surface area contributed by atoms with Gasteiger partial charge in [0.25, 0.3) is 0 Å². The number of carbonyl (C=O) groups is 1. The molecule has 0 bridgehead atoms. The second kappa shape index (κ2) is 5.53. The minimum Gasteiger partial charge on any atom is -0.477 e. The van der Waals surface area contributed by atoms with E-state index in [1.54, 1.807) is 26.0 Å². The number of carboxylic acids is 1. The largest absolute Gasteiger partial charge is 0.477 e. The Morgan fingerprint density at radius 3 is 2.67 bits per heavy atom. The third-order valence-corrected chi connectivity index (χ3v) is 2.64. The second-order valence-electron chi connectivity index (χ2n) is 4.26. The molecule has 0 amide bonds. The third-order valence-electron chi connectivity index (χ3n) is 2.64. The summed E-state index contributed by atoms with van der Waals surface area (Å²) < 4.78 is 5.30. The molecule has 108 valence electrons. The number of para-hydroxylation sites is 1. The van der Waals surface area contributed by atoms with Gasteiger partial charge >= 0.3 is 17.7 Å². The molecule has 8 nitrogen and oxygen atoms in total. The highest BCUT2D eigenvalue weighted by Gasteiger charge is 2.20. The first-order chi connectivity index (χ1) is 9.88. The highest BCUT2D eigenvalue weighted by Crippen LogP contribution is 2.32. The fourth-order valence-electron chi connectivity index (χ4n) is 1.74. The van der Waals surface area contributed by atoms with E-state index in [9.17, 15) is 14.9 Å². The average Bonchev–Trinajstić information content (AvgIpc) is 2.37. The molecule has 0 saturated heterocycles. The van der Waals surface area contributed by atoms with Crippen molar-refractivity contribution in [3.8, 4) is 11.8 Å². The van der Waals surface area contributed by atoms with Gasteiger partial charge in [0.15, 0.2) is 5.69 Å². The molecular formula is C13H11N3O5. The maximum Gasteiger partial charge on any atom is 0.354 e. The number of rotatable bonds is 4. The Labute approximate surface area is 119 Å². The van der Waals surface area contributed by atoms with Crippen LogP contribution in [0.3, 0.4) is 0 Å². The van der Waals surface area contributed by atoms with E-state index in [4.69, 9.17) is 9.84 Å². The lowest BCUT2D eigenvalue weighted by atomic mass is 10.2. The maximum absolute atomic E-state index is 11.1. The first kappa shape index (κ1) is 14.4. The molecule has 0 spiro atoms. The summed E-state index contributed by atoms with van der Waals surface area (Å²) in [5, 5.41) is 20.0. The van der Waals surface area contributed by atoms with Crippen LogP contribution in [0.1, 0.15) is 21.7 Å². The van der Waals surface area contributed by atoms with Crippen molar-refractivity contribution in [2.45, 2.75) is 13.8 Å². The predicted molar refractivity (Wildman–Crippen MR) is 71.6 cm³/mol. The summed E-state index contributed by atoms with van der Waals surface area (Å²) in [7, 11) is 0. The van der Waals surface area contributed by atoms with Crippen LogP contribution in [-0.4, -0.2) is 26.0 Å². The maximum atomic E-state index is 11.1. The van der Waals surface area contributed by atoms with Crippen LogP contribution in [0.4, 0.5) is 5.69 Å². The van der Waals surface area contributed by atoms with Gasteiger partial charge in [-0.3, -0.25) is 10.1 Å². The molecule has 1 aromatic heterocycles. The molecule has 0 radical (unpaired) electrons. The predicted octanol–water partition coefficient (Wildman–Crippen LogP) is 2.49. The lowest BCUT2D eigenvalue weighted by Crippen LogP contribution is -2.05. The molecule has 0 saturated carbocycles. The van der Waals surface area contributed by atoms with Gasteiger partial charge in [-0.1, -0.05) is 12.1 Å². The van der Waals surface area contributed by atoms with Crippen LogP contribution in [0.25, 0.3) is 0 Å². The Bertz CT molecular complexity index is 730. The van der Waals surface area contributed by atoms with E-state index < -0.39 is 10.9 Å². The van der Waals surface area contributed by atoms with Crippen molar-refractivity contribution in [3.63, 3.8) is 0 Å². The SMILES string of the molecule is Cc1cc(C(=O)O)nc(Oc2cccc(C)c2[N+](=O)[O-])n1. The lowest BCUT2D eigenvalue weighted by molar-refractivity contribution is -0.386. The van der Waals surface area contributed by atoms with Crippen LogP contribution >= 0.6 is 0 Å². The summed E-state index contributed by atoms with van der Waals surface area (Å²) in [6, 6.07) is 5.59. The smallest absolute Gasteiger partial charge is 0.354 e. The van der Waals surface area contributed by atoms with Crippen molar-refractivity contribution in [3.05, 3.63) is 51.3 Å². The molecule has 8 heteroatoms. The van der Waals surface area contributed by atoms with E-state index >= 15 is 0 Å². The first-order valence-corrected chi connectivity index (χ1v) is 5.89. The molecule has 0 aliphatic carbocycles. The van der Waals surface area contributed by atoms with Crippen molar-refractivity contribution in [2.75, 3.05) is 0 Å². The number of aromatic nitrogens is 2. The van der Waals surface area contributed by atoms with E-state index in [0.29, 0.717) is 11.3 Å². The van der Waals surface area contributed by atoms with Gasteiger partial charge in [-0.15, -0.1) is 0 Å². The van der Waals surface area contributed by atoms with Gasteiger partial charge in [0.05, 0.1) is 4.92 Å². The number of aryl methyl sites for hydroxylation is 2. The third kappa shape index (κ3) is 3.11. The fourth-order valence-corrected chi connectivity index (χ4v) is 1.74. The topological polar surface area (TPSA) is 115 Å². The molecule has 0 fully saturated rings. The minimum absolute atomic E-state index is 0.0399. The number of ether oxygens (including phenoxy) is 1. The Hall–Kier alpha value is -3.03. The Balaban J connectivity index is 2.46. The number of hydrogen-bond donors (Lipinski definition) is 1. The van der Waals surface area contributed by atoms with E-state index in [-0.39, 0.29) is 23.1 Å². The van der Waals surface area contributed by atoms with Gasteiger partial charge in [-0.25, -0.2) is 9.78 Å². The van der Waals surface area contributed by atoms with Gasteiger partial charge in [0.1, 0.15) is 0 Å². The highest BCUT2D eigenvalue weighted by atomic mass is 16.6. The van der Waals surface area contributed by atoms with E-state index in [1.807, 2.05) is 0 Å². The van der Waals surface area contributed by atoms with Gasteiger partial charge in [0, 0.05) is 11.3 Å². The van der Waals surface area contributed by atoms with E-state index in [1.165, 1.54) is 12.1 Å². The van der Waals surface area contributed by atoms with Gasteiger partial charge < -0.3 is 9.84 Å². The standard InChI is InChI=1S/C13H11N3O5/c1-7-4-3-5-10(11(7)16(19)20)21-13-14-8(2)6-9(15-13)12(17)18/h3-6H,1-2H3,(H,17,18). The van der Waals surface area contributed by atoms with Crippen molar-refractivity contribution in [1.29, 1.82) is 0 Å². The normalized spacial score (nSPS) is 10.2. The molecule has 0 aliphatic rings. The Morgan fingerprint density at radius 1 is 1.33 bits per heavy atom. The second-order valence-corrected chi connectivity index (χ2v) is 4.26. The molecule has 0 aliphatic heterocycles. The zero-order chi connectivity index (χ0) is 15.6. The monoisotopic (exact) mass is 289 g/mol. The summed E-state index contributed by atoms with van der Waals surface area (Å²) in [6.45, 7) is 3.15. The molecule has 1 heterocycles. The van der Waals surface area contributed by atoms with Gasteiger partial charge in [-0.05, 0) is 26.0 Å². The zero-order valence-electron chi connectivity index (χ0n) is 11.2. The summed E-state index contributed by atoms with van der Waals surface area (Å²) in [6.07, 6.45) is 0. The number of hydrogen-bond acceptors (Lipinski definition) is 6. The van der Waals surface area contributed by atoms with Crippen molar-refractivity contribution < 1.29 is 19.6 Å². The zero-order valence-corrected chi connectivity index (χ0v) is 11.2. The van der Waals surface area contributed by atoms with Crippen molar-refractivity contribution in [2.24, 2.45) is 0 Å². The number of benzene rings is 1. The van der Waals surface area contributed by atoms with Crippen LogP contribution in [0, 0.1) is 24.0 Å². The average molecular weight is 289 g/mol. The summed E-state index contributed by atoms with van der Waals surface area (Å²) in [5.74, 6) is -1.27. The van der Waals surface area contributed by atoms with Crippen LogP contribution in [-0.2, 0) is 0 Å². The number of nitrogens with zero attached hydrogens (tertiary/aromatic N) is 3. The molecule has 1 N–H and O–H groups in total. The number of nitro groups is 1. The first-order valence-electron chi connectivity index (χ1n) is 5.89. The number of nitro benzene ring substituents is 1.